The van der Waals surface area contributed by atoms with Crippen LogP contribution in [0.4, 0.5) is 0 Å². The van der Waals surface area contributed by atoms with E-state index < -0.39 is 0 Å². The molecule has 22 heavy (non-hydrogen) atoms. The number of hydrogen-bond acceptors (Lipinski definition) is 3. The van der Waals surface area contributed by atoms with E-state index in [2.05, 4.69) is 47.1 Å². The zero-order valence-corrected chi connectivity index (χ0v) is 12.8. The summed E-state index contributed by atoms with van der Waals surface area (Å²) in [7, 11) is 0. The molecule has 0 spiro atoms. The number of nitrogens with zero attached hydrogens (tertiary/aromatic N) is 2. The number of hydrogen-bond donors (Lipinski definition) is 0. The van der Waals surface area contributed by atoms with Crippen molar-refractivity contribution in [1.82, 2.24) is 9.88 Å². The minimum Gasteiger partial charge on any atom is -0.464 e. The second-order valence-corrected chi connectivity index (χ2v) is 5.30. The number of furan rings is 1. The quantitative estimate of drug-likeness (QED) is 0.676. The van der Waals surface area contributed by atoms with Gasteiger partial charge in [0, 0.05) is 24.8 Å². The third kappa shape index (κ3) is 3.62. The summed E-state index contributed by atoms with van der Waals surface area (Å²) >= 11 is 0. The molecule has 0 N–H and O–H groups in total. The van der Waals surface area contributed by atoms with E-state index in [9.17, 15) is 0 Å². The van der Waals surface area contributed by atoms with Gasteiger partial charge in [0.05, 0.1) is 12.0 Å². The molecular formula is C19H20N2O. The van der Waals surface area contributed by atoms with Gasteiger partial charge < -0.3 is 4.42 Å². The first-order valence-electron chi connectivity index (χ1n) is 7.60. The normalized spacial score (nSPS) is 11.0. The molecule has 112 valence electrons. The number of rotatable bonds is 6. The maximum absolute atomic E-state index is 5.42. The molecule has 0 saturated heterocycles. The van der Waals surface area contributed by atoms with Gasteiger partial charge in [-0.15, -0.1) is 0 Å². The lowest BCUT2D eigenvalue weighted by molar-refractivity contribution is 0.268. The summed E-state index contributed by atoms with van der Waals surface area (Å²) in [6, 6.07) is 18.5. The SMILES string of the molecule is CCN(Cc1ccc(-c2ccco2)cc1)Cc1ccccn1. The molecule has 3 rings (SSSR count). The van der Waals surface area contributed by atoms with E-state index in [-0.39, 0.29) is 0 Å². The fourth-order valence-electron chi connectivity index (χ4n) is 2.48. The van der Waals surface area contributed by atoms with Crippen molar-refractivity contribution >= 4 is 0 Å². The van der Waals surface area contributed by atoms with E-state index in [1.165, 1.54) is 5.56 Å². The lowest BCUT2D eigenvalue weighted by atomic mass is 10.1. The molecule has 0 unspecified atom stereocenters. The lowest BCUT2D eigenvalue weighted by Crippen LogP contribution is -2.22. The molecule has 0 aliphatic rings. The molecule has 0 aliphatic heterocycles. The predicted molar refractivity (Wildman–Crippen MR) is 88.2 cm³/mol. The third-order valence-corrected chi connectivity index (χ3v) is 3.72. The van der Waals surface area contributed by atoms with Gasteiger partial charge in [-0.1, -0.05) is 37.3 Å². The zero-order valence-electron chi connectivity index (χ0n) is 12.8. The van der Waals surface area contributed by atoms with Gasteiger partial charge in [0.15, 0.2) is 0 Å². The Hall–Kier alpha value is -2.39. The molecule has 3 nitrogen and oxygen atoms in total. The van der Waals surface area contributed by atoms with Crippen LogP contribution < -0.4 is 0 Å². The Morgan fingerprint density at radius 3 is 2.45 bits per heavy atom. The van der Waals surface area contributed by atoms with Gasteiger partial charge in [0.2, 0.25) is 0 Å². The summed E-state index contributed by atoms with van der Waals surface area (Å²) < 4.78 is 5.42. The Morgan fingerprint density at radius 2 is 1.82 bits per heavy atom. The highest BCUT2D eigenvalue weighted by Gasteiger charge is 2.06. The van der Waals surface area contributed by atoms with Gasteiger partial charge in [-0.25, -0.2) is 0 Å². The molecule has 0 radical (unpaired) electrons. The summed E-state index contributed by atoms with van der Waals surface area (Å²) in [5.41, 5.74) is 3.52. The predicted octanol–water partition coefficient (Wildman–Crippen LogP) is 4.36. The largest absolute Gasteiger partial charge is 0.464 e. The van der Waals surface area contributed by atoms with Gasteiger partial charge in [-0.2, -0.15) is 0 Å². The van der Waals surface area contributed by atoms with Gasteiger partial charge in [0.25, 0.3) is 0 Å². The van der Waals surface area contributed by atoms with E-state index in [0.29, 0.717) is 0 Å². The fourth-order valence-corrected chi connectivity index (χ4v) is 2.48. The average molecular weight is 292 g/mol. The Morgan fingerprint density at radius 1 is 0.955 bits per heavy atom. The number of pyridine rings is 1. The van der Waals surface area contributed by atoms with Crippen molar-refractivity contribution in [3.8, 4) is 11.3 Å². The van der Waals surface area contributed by atoms with Crippen LogP contribution in [0.3, 0.4) is 0 Å². The van der Waals surface area contributed by atoms with Crippen LogP contribution in [0.5, 0.6) is 0 Å². The Kier molecular flexibility index (Phi) is 4.66. The number of benzene rings is 1. The fraction of sp³-hybridized carbons (Fsp3) is 0.211. The smallest absolute Gasteiger partial charge is 0.133 e. The van der Waals surface area contributed by atoms with Crippen molar-refractivity contribution < 1.29 is 4.42 Å². The highest BCUT2D eigenvalue weighted by atomic mass is 16.3. The Bertz CT molecular complexity index is 675. The first-order chi connectivity index (χ1) is 10.8. The standard InChI is InChI=1S/C19H20N2O/c1-2-21(15-18-6-3-4-12-20-18)14-16-8-10-17(11-9-16)19-7-5-13-22-19/h3-13H,2,14-15H2,1H3. The van der Waals surface area contributed by atoms with Crippen LogP contribution in [-0.2, 0) is 13.1 Å². The van der Waals surface area contributed by atoms with Crippen molar-refractivity contribution in [3.63, 3.8) is 0 Å². The van der Waals surface area contributed by atoms with E-state index in [1.807, 2.05) is 30.5 Å². The average Bonchev–Trinajstić information content (AvgIpc) is 3.10. The first-order valence-corrected chi connectivity index (χ1v) is 7.60. The van der Waals surface area contributed by atoms with E-state index in [0.717, 1.165) is 36.7 Å². The van der Waals surface area contributed by atoms with Gasteiger partial charge in [0.1, 0.15) is 5.76 Å². The summed E-state index contributed by atoms with van der Waals surface area (Å²) in [6.45, 7) is 4.97. The molecule has 3 heteroatoms. The van der Waals surface area contributed by atoms with Gasteiger partial charge >= 0.3 is 0 Å². The number of aromatic nitrogens is 1. The van der Waals surface area contributed by atoms with E-state index in [1.54, 1.807) is 6.26 Å². The van der Waals surface area contributed by atoms with Crippen LogP contribution in [0.2, 0.25) is 0 Å². The van der Waals surface area contributed by atoms with Crippen LogP contribution in [-0.4, -0.2) is 16.4 Å². The summed E-state index contributed by atoms with van der Waals surface area (Å²) in [5.74, 6) is 0.910. The summed E-state index contributed by atoms with van der Waals surface area (Å²) in [6.07, 6.45) is 3.55. The molecular weight excluding hydrogens is 272 g/mol. The van der Waals surface area contributed by atoms with Crippen LogP contribution in [0.1, 0.15) is 18.2 Å². The van der Waals surface area contributed by atoms with Crippen molar-refractivity contribution in [2.45, 2.75) is 20.0 Å². The van der Waals surface area contributed by atoms with Crippen LogP contribution in [0.15, 0.2) is 71.5 Å². The molecule has 1 aromatic carbocycles. The molecule has 0 amide bonds. The third-order valence-electron chi connectivity index (χ3n) is 3.72. The summed E-state index contributed by atoms with van der Waals surface area (Å²) in [4.78, 5) is 6.78. The van der Waals surface area contributed by atoms with Crippen LogP contribution in [0.25, 0.3) is 11.3 Å². The molecule has 0 fully saturated rings. The summed E-state index contributed by atoms with van der Waals surface area (Å²) in [5, 5.41) is 0. The molecule has 0 bridgehead atoms. The second kappa shape index (κ2) is 7.05. The maximum Gasteiger partial charge on any atom is 0.133 e. The highest BCUT2D eigenvalue weighted by Crippen LogP contribution is 2.20. The molecule has 0 aliphatic carbocycles. The monoisotopic (exact) mass is 292 g/mol. The highest BCUT2D eigenvalue weighted by molar-refractivity contribution is 5.57. The van der Waals surface area contributed by atoms with Gasteiger partial charge in [-0.05, 0) is 36.4 Å². The minimum absolute atomic E-state index is 0.872. The minimum atomic E-state index is 0.872. The molecule has 0 atom stereocenters. The maximum atomic E-state index is 5.42. The molecule has 2 heterocycles. The van der Waals surface area contributed by atoms with Crippen LogP contribution in [0, 0.1) is 0 Å². The van der Waals surface area contributed by atoms with Crippen molar-refractivity contribution in [3.05, 3.63) is 78.3 Å². The lowest BCUT2D eigenvalue weighted by Gasteiger charge is -2.20. The van der Waals surface area contributed by atoms with Crippen molar-refractivity contribution in [1.29, 1.82) is 0 Å². The molecule has 2 aromatic heterocycles. The van der Waals surface area contributed by atoms with E-state index >= 15 is 0 Å². The Labute approximate surface area is 131 Å². The van der Waals surface area contributed by atoms with Crippen LogP contribution >= 0.6 is 0 Å². The first kappa shape index (κ1) is 14.5. The van der Waals surface area contributed by atoms with Gasteiger partial charge in [-0.3, -0.25) is 9.88 Å². The van der Waals surface area contributed by atoms with E-state index in [4.69, 9.17) is 4.42 Å². The molecule has 0 saturated carbocycles. The Balaban J connectivity index is 1.66. The molecule has 3 aromatic rings. The zero-order chi connectivity index (χ0) is 15.2. The second-order valence-electron chi connectivity index (χ2n) is 5.30. The van der Waals surface area contributed by atoms with Crippen molar-refractivity contribution in [2.24, 2.45) is 0 Å². The van der Waals surface area contributed by atoms with Crippen molar-refractivity contribution in [2.75, 3.05) is 6.54 Å². The topological polar surface area (TPSA) is 29.3 Å².